The molecule has 26 heavy (non-hydrogen) atoms. The van der Waals surface area contributed by atoms with Crippen LogP contribution in [0.25, 0.3) is 0 Å². The maximum atomic E-state index is 12.5. The van der Waals surface area contributed by atoms with E-state index in [1.165, 1.54) is 0 Å². The van der Waals surface area contributed by atoms with Gasteiger partial charge in [-0.3, -0.25) is 9.59 Å². The van der Waals surface area contributed by atoms with E-state index in [0.717, 1.165) is 61.0 Å². The molecule has 0 bridgehead atoms. The van der Waals surface area contributed by atoms with Crippen molar-refractivity contribution >= 4 is 47.2 Å². The number of amides is 2. The Hall–Kier alpha value is -0.820. The Morgan fingerprint density at radius 2 is 2.15 bits per heavy atom. The number of halogens is 2. The van der Waals surface area contributed by atoms with Gasteiger partial charge in [-0.1, -0.05) is 11.6 Å². The molecule has 8 heteroatoms. The summed E-state index contributed by atoms with van der Waals surface area (Å²) in [4.78, 5) is 27.7. The van der Waals surface area contributed by atoms with Crippen LogP contribution >= 0.6 is 35.3 Å². The summed E-state index contributed by atoms with van der Waals surface area (Å²) in [6, 6.07) is 3.84. The maximum absolute atomic E-state index is 12.5. The van der Waals surface area contributed by atoms with Gasteiger partial charge < -0.3 is 15.5 Å². The van der Waals surface area contributed by atoms with Gasteiger partial charge in [-0.05, 0) is 56.7 Å². The van der Waals surface area contributed by atoms with Gasteiger partial charge in [-0.15, -0.1) is 23.7 Å². The monoisotopic (exact) mass is 419 g/mol. The highest BCUT2D eigenvalue weighted by atomic mass is 35.5. The average molecular weight is 420 g/mol. The molecule has 0 saturated carbocycles. The number of hydrogen-bond donors (Lipinski definition) is 2. The number of carbonyl (C=O) groups is 2. The molecule has 5 nitrogen and oxygen atoms in total. The van der Waals surface area contributed by atoms with Gasteiger partial charge in [0.1, 0.15) is 0 Å². The average Bonchev–Trinajstić information content (AvgIpc) is 3.29. The highest BCUT2D eigenvalue weighted by Crippen LogP contribution is 2.23. The number of rotatable bonds is 6. The highest BCUT2D eigenvalue weighted by Gasteiger charge is 2.26. The highest BCUT2D eigenvalue weighted by molar-refractivity contribution is 7.16. The van der Waals surface area contributed by atoms with Crippen molar-refractivity contribution in [3.05, 3.63) is 21.3 Å². The second kappa shape index (κ2) is 10.5. The number of hydrogen-bond acceptors (Lipinski definition) is 4. The smallest absolute Gasteiger partial charge is 0.237 e. The molecule has 2 atom stereocenters. The van der Waals surface area contributed by atoms with Crippen molar-refractivity contribution < 1.29 is 9.59 Å². The quantitative estimate of drug-likeness (QED) is 0.744. The zero-order valence-electron chi connectivity index (χ0n) is 14.8. The van der Waals surface area contributed by atoms with Gasteiger partial charge in [0, 0.05) is 30.9 Å². The van der Waals surface area contributed by atoms with Crippen molar-refractivity contribution in [3.8, 4) is 0 Å². The van der Waals surface area contributed by atoms with E-state index in [-0.39, 0.29) is 30.3 Å². The molecule has 1 aromatic heterocycles. The lowest BCUT2D eigenvalue weighted by molar-refractivity contribution is -0.132. The molecule has 2 saturated heterocycles. The third-order valence-electron chi connectivity index (χ3n) is 5.03. The maximum Gasteiger partial charge on any atom is 0.237 e. The van der Waals surface area contributed by atoms with Gasteiger partial charge in [-0.2, -0.15) is 0 Å². The summed E-state index contributed by atoms with van der Waals surface area (Å²) in [5.41, 5.74) is 0. The number of piperidine rings is 1. The Kier molecular flexibility index (Phi) is 8.67. The predicted molar refractivity (Wildman–Crippen MR) is 108 cm³/mol. The summed E-state index contributed by atoms with van der Waals surface area (Å²) in [6.07, 6.45) is 5.36. The lowest BCUT2D eigenvalue weighted by Crippen LogP contribution is -2.46. The zero-order chi connectivity index (χ0) is 17.6. The summed E-state index contributed by atoms with van der Waals surface area (Å²) in [5, 5.41) is 6.28. The molecule has 0 spiro atoms. The van der Waals surface area contributed by atoms with Gasteiger partial charge in [0.25, 0.3) is 0 Å². The van der Waals surface area contributed by atoms with Crippen LogP contribution in [-0.2, 0) is 16.0 Å². The second-order valence-corrected chi connectivity index (χ2v) is 8.75. The van der Waals surface area contributed by atoms with Crippen LogP contribution in [0.3, 0.4) is 0 Å². The van der Waals surface area contributed by atoms with E-state index in [1.54, 1.807) is 11.3 Å². The Morgan fingerprint density at radius 1 is 1.31 bits per heavy atom. The van der Waals surface area contributed by atoms with Crippen LogP contribution in [0.1, 0.15) is 37.0 Å². The fourth-order valence-corrected chi connectivity index (χ4v) is 4.70. The third kappa shape index (κ3) is 6.12. The minimum atomic E-state index is -0.0288. The van der Waals surface area contributed by atoms with Crippen molar-refractivity contribution in [3.63, 3.8) is 0 Å². The molecule has 1 aromatic rings. The van der Waals surface area contributed by atoms with Crippen LogP contribution in [0.5, 0.6) is 0 Å². The van der Waals surface area contributed by atoms with Crippen molar-refractivity contribution in [2.75, 3.05) is 26.2 Å². The molecule has 2 fully saturated rings. The lowest BCUT2D eigenvalue weighted by Gasteiger charge is -2.33. The molecule has 0 aliphatic carbocycles. The topological polar surface area (TPSA) is 61.4 Å². The number of aryl methyl sites for hydroxylation is 1. The van der Waals surface area contributed by atoms with E-state index in [2.05, 4.69) is 10.6 Å². The second-order valence-electron chi connectivity index (χ2n) is 6.95. The lowest BCUT2D eigenvalue weighted by atomic mass is 9.97. The normalized spacial score (nSPS) is 22.7. The van der Waals surface area contributed by atoms with Gasteiger partial charge in [0.2, 0.25) is 11.8 Å². The predicted octanol–water partition coefficient (Wildman–Crippen LogP) is 2.86. The van der Waals surface area contributed by atoms with Crippen LogP contribution in [-0.4, -0.2) is 48.9 Å². The third-order valence-corrected chi connectivity index (χ3v) is 6.32. The van der Waals surface area contributed by atoms with Crippen molar-refractivity contribution in [1.29, 1.82) is 0 Å². The first kappa shape index (κ1) is 21.5. The minimum absolute atomic E-state index is 0. The van der Waals surface area contributed by atoms with E-state index in [0.29, 0.717) is 18.9 Å². The zero-order valence-corrected chi connectivity index (χ0v) is 17.2. The number of nitrogens with zero attached hydrogens (tertiary/aromatic N) is 1. The summed E-state index contributed by atoms with van der Waals surface area (Å²) < 4.78 is 0.771. The summed E-state index contributed by atoms with van der Waals surface area (Å²) in [7, 11) is 0. The molecule has 2 N–H and O–H groups in total. The molecule has 2 aliphatic rings. The Labute approximate surface area is 170 Å². The van der Waals surface area contributed by atoms with Crippen LogP contribution < -0.4 is 10.6 Å². The summed E-state index contributed by atoms with van der Waals surface area (Å²) >= 11 is 7.48. The summed E-state index contributed by atoms with van der Waals surface area (Å²) in [6.45, 7) is 3.18. The number of thiophene rings is 1. The van der Waals surface area contributed by atoms with Crippen molar-refractivity contribution in [2.24, 2.45) is 5.92 Å². The first-order valence-corrected chi connectivity index (χ1v) is 10.3. The fraction of sp³-hybridized carbons (Fsp3) is 0.667. The molecule has 146 valence electrons. The van der Waals surface area contributed by atoms with E-state index >= 15 is 0 Å². The Morgan fingerprint density at radius 3 is 2.85 bits per heavy atom. The molecular weight excluding hydrogens is 393 g/mol. The van der Waals surface area contributed by atoms with Gasteiger partial charge >= 0.3 is 0 Å². The van der Waals surface area contributed by atoms with E-state index < -0.39 is 0 Å². The van der Waals surface area contributed by atoms with Crippen LogP contribution in [0.15, 0.2) is 12.1 Å². The fourth-order valence-electron chi connectivity index (χ4n) is 3.61. The number of likely N-dealkylation sites (tertiary alicyclic amines) is 1. The molecule has 3 heterocycles. The standard InChI is InChI=1S/C18H26ClN3O2S.ClH/c19-16-7-5-14(25-16)6-8-17(23)22-10-2-3-13(12-22)11-21-18(24)15-4-1-9-20-15;/h5,7,13,15,20H,1-4,6,8-12H2,(H,21,24);1H. The molecule has 2 unspecified atom stereocenters. The Bertz CT molecular complexity index is 605. The van der Waals surface area contributed by atoms with E-state index in [1.807, 2.05) is 17.0 Å². The molecular formula is C18H27Cl2N3O2S. The molecule has 2 aliphatic heterocycles. The van der Waals surface area contributed by atoms with Crippen molar-refractivity contribution in [1.82, 2.24) is 15.5 Å². The van der Waals surface area contributed by atoms with Gasteiger partial charge in [0.05, 0.1) is 10.4 Å². The molecule has 2 amide bonds. The number of carbonyl (C=O) groups excluding carboxylic acids is 2. The van der Waals surface area contributed by atoms with Gasteiger partial charge in [-0.25, -0.2) is 0 Å². The largest absolute Gasteiger partial charge is 0.354 e. The summed E-state index contributed by atoms with van der Waals surface area (Å²) in [5.74, 6) is 0.674. The van der Waals surface area contributed by atoms with Crippen LogP contribution in [0.2, 0.25) is 4.34 Å². The number of nitrogens with one attached hydrogen (secondary N) is 2. The minimum Gasteiger partial charge on any atom is -0.354 e. The van der Waals surface area contributed by atoms with Crippen molar-refractivity contribution in [2.45, 2.75) is 44.6 Å². The SMILES string of the molecule is Cl.O=C(NCC1CCCN(C(=O)CCc2ccc(Cl)s2)C1)C1CCCN1. The molecule has 3 rings (SSSR count). The van der Waals surface area contributed by atoms with Crippen LogP contribution in [0.4, 0.5) is 0 Å². The van der Waals surface area contributed by atoms with Gasteiger partial charge in [0.15, 0.2) is 0 Å². The Balaban J connectivity index is 0.00000243. The molecule has 0 radical (unpaired) electrons. The van der Waals surface area contributed by atoms with Crippen LogP contribution in [0, 0.1) is 5.92 Å². The van der Waals surface area contributed by atoms with E-state index in [9.17, 15) is 9.59 Å². The molecule has 0 aromatic carbocycles. The van der Waals surface area contributed by atoms with E-state index in [4.69, 9.17) is 11.6 Å². The first-order valence-electron chi connectivity index (χ1n) is 9.15. The first-order chi connectivity index (χ1) is 12.1.